The summed E-state index contributed by atoms with van der Waals surface area (Å²) in [6.07, 6.45) is 2.24. The first-order valence-corrected chi connectivity index (χ1v) is 10.0. The van der Waals surface area contributed by atoms with Gasteiger partial charge < -0.3 is 14.3 Å². The molecule has 8 nitrogen and oxygen atoms in total. The Morgan fingerprint density at radius 2 is 1.97 bits per heavy atom. The van der Waals surface area contributed by atoms with Crippen molar-refractivity contribution in [3.05, 3.63) is 53.4 Å². The van der Waals surface area contributed by atoms with Crippen molar-refractivity contribution in [1.29, 1.82) is 0 Å². The topological polar surface area (TPSA) is 87.4 Å². The van der Waals surface area contributed by atoms with Crippen LogP contribution in [0.3, 0.4) is 0 Å². The summed E-state index contributed by atoms with van der Waals surface area (Å²) in [5.41, 5.74) is 1.65. The first-order valence-electron chi connectivity index (χ1n) is 10.0. The maximum absolute atomic E-state index is 14.1. The maximum Gasteiger partial charge on any atom is 0.324 e. The Morgan fingerprint density at radius 1 is 1.19 bits per heavy atom. The van der Waals surface area contributed by atoms with E-state index >= 15 is 0 Å². The Balaban J connectivity index is 1.41. The van der Waals surface area contributed by atoms with Crippen molar-refractivity contribution in [3.8, 4) is 11.4 Å². The van der Waals surface area contributed by atoms with Crippen LogP contribution in [0.4, 0.5) is 25.3 Å². The molecule has 1 aliphatic heterocycles. The summed E-state index contributed by atoms with van der Waals surface area (Å²) in [6.45, 7) is 5.82. The van der Waals surface area contributed by atoms with Crippen LogP contribution in [0, 0.1) is 18.6 Å². The number of carbonyl (C=O) groups excluding carboxylic acids is 1. The van der Waals surface area contributed by atoms with Gasteiger partial charge in [-0.15, -0.1) is 0 Å². The largest absolute Gasteiger partial charge is 0.353 e. The minimum Gasteiger partial charge on any atom is -0.353 e. The second-order valence-electron chi connectivity index (χ2n) is 7.18. The van der Waals surface area contributed by atoms with Crippen molar-refractivity contribution in [1.82, 2.24) is 20.0 Å². The fraction of sp³-hybridized carbons (Fsp3) is 0.333. The number of amides is 2. The molecule has 3 aromatic rings. The zero-order chi connectivity index (χ0) is 22.0. The average molecular weight is 428 g/mol. The van der Waals surface area contributed by atoms with Crippen molar-refractivity contribution in [3.63, 3.8) is 0 Å². The SMILES string of the molecule is CCc1noc(NC(=O)N2CCN(c3ccnc(-c4cccc(F)c4F)n3)CC2)c1C. The van der Waals surface area contributed by atoms with E-state index in [1.54, 1.807) is 11.0 Å². The number of rotatable bonds is 4. The summed E-state index contributed by atoms with van der Waals surface area (Å²) in [7, 11) is 0. The molecule has 1 fully saturated rings. The molecule has 2 amide bonds. The first kappa shape index (κ1) is 20.7. The van der Waals surface area contributed by atoms with Crippen LogP contribution in [0.1, 0.15) is 18.2 Å². The smallest absolute Gasteiger partial charge is 0.324 e. The molecule has 1 aromatic carbocycles. The monoisotopic (exact) mass is 428 g/mol. The highest BCUT2D eigenvalue weighted by molar-refractivity contribution is 5.88. The minimum absolute atomic E-state index is 0.00809. The second kappa shape index (κ2) is 8.66. The van der Waals surface area contributed by atoms with Gasteiger partial charge in [-0.05, 0) is 31.5 Å². The number of aryl methyl sites for hydroxylation is 1. The molecular formula is C21H22F2N6O2. The number of anilines is 2. The van der Waals surface area contributed by atoms with Crippen LogP contribution in [0.25, 0.3) is 11.4 Å². The fourth-order valence-corrected chi connectivity index (χ4v) is 3.46. The lowest BCUT2D eigenvalue weighted by atomic mass is 10.2. The molecule has 3 heterocycles. The zero-order valence-electron chi connectivity index (χ0n) is 17.2. The van der Waals surface area contributed by atoms with E-state index in [-0.39, 0.29) is 17.4 Å². The van der Waals surface area contributed by atoms with Gasteiger partial charge in [0.05, 0.1) is 11.3 Å². The first-order chi connectivity index (χ1) is 15.0. The lowest BCUT2D eigenvalue weighted by Gasteiger charge is -2.35. The number of hydrogen-bond donors (Lipinski definition) is 1. The third kappa shape index (κ3) is 4.18. The van der Waals surface area contributed by atoms with Gasteiger partial charge >= 0.3 is 6.03 Å². The number of hydrogen-bond acceptors (Lipinski definition) is 6. The van der Waals surface area contributed by atoms with E-state index in [0.717, 1.165) is 23.7 Å². The molecule has 0 spiro atoms. The molecule has 162 valence electrons. The van der Waals surface area contributed by atoms with Crippen LogP contribution < -0.4 is 10.2 Å². The Hall–Kier alpha value is -3.56. The predicted molar refractivity (Wildman–Crippen MR) is 111 cm³/mol. The van der Waals surface area contributed by atoms with Gasteiger partial charge in [-0.1, -0.05) is 18.1 Å². The van der Waals surface area contributed by atoms with Gasteiger partial charge in [-0.3, -0.25) is 5.32 Å². The highest BCUT2D eigenvalue weighted by Gasteiger charge is 2.24. The van der Waals surface area contributed by atoms with E-state index in [9.17, 15) is 13.6 Å². The molecule has 0 atom stereocenters. The van der Waals surface area contributed by atoms with E-state index in [2.05, 4.69) is 20.4 Å². The van der Waals surface area contributed by atoms with Crippen molar-refractivity contribution < 1.29 is 18.1 Å². The summed E-state index contributed by atoms with van der Waals surface area (Å²) in [5, 5.41) is 6.72. The minimum atomic E-state index is -0.977. The quantitative estimate of drug-likeness (QED) is 0.683. The molecule has 0 radical (unpaired) electrons. The van der Waals surface area contributed by atoms with Crippen molar-refractivity contribution >= 4 is 17.7 Å². The number of urea groups is 1. The lowest BCUT2D eigenvalue weighted by Crippen LogP contribution is -2.50. The van der Waals surface area contributed by atoms with Crippen LogP contribution >= 0.6 is 0 Å². The van der Waals surface area contributed by atoms with Gasteiger partial charge in [-0.2, -0.15) is 0 Å². The normalized spacial score (nSPS) is 14.1. The lowest BCUT2D eigenvalue weighted by molar-refractivity contribution is 0.207. The number of nitrogens with one attached hydrogen (secondary N) is 1. The molecule has 4 rings (SSSR count). The van der Waals surface area contributed by atoms with Gasteiger partial charge in [-0.25, -0.2) is 23.5 Å². The standard InChI is InChI=1S/C21H22F2N6O2/c1-3-16-13(2)20(31-27-16)26-21(30)29-11-9-28(10-12-29)17-7-8-24-19(25-17)14-5-4-6-15(22)18(14)23/h4-8H,3,9-12H2,1-2H3,(H,26,30). The summed E-state index contributed by atoms with van der Waals surface area (Å²) in [5.74, 6) is -0.856. The van der Waals surface area contributed by atoms with E-state index in [4.69, 9.17) is 4.52 Å². The Kier molecular flexibility index (Phi) is 5.79. The molecule has 1 aliphatic rings. The molecule has 2 aromatic heterocycles. The fourth-order valence-electron chi connectivity index (χ4n) is 3.46. The third-order valence-electron chi connectivity index (χ3n) is 5.30. The van der Waals surface area contributed by atoms with Gasteiger partial charge in [0.2, 0.25) is 5.88 Å². The average Bonchev–Trinajstić information content (AvgIpc) is 3.15. The van der Waals surface area contributed by atoms with Crippen LogP contribution in [0.5, 0.6) is 0 Å². The molecule has 0 aliphatic carbocycles. The number of nitrogens with zero attached hydrogens (tertiary/aromatic N) is 5. The van der Waals surface area contributed by atoms with Crippen LogP contribution in [-0.2, 0) is 6.42 Å². The van der Waals surface area contributed by atoms with Crippen molar-refractivity contribution in [2.75, 3.05) is 36.4 Å². The van der Waals surface area contributed by atoms with E-state index < -0.39 is 11.6 Å². The van der Waals surface area contributed by atoms with Crippen molar-refractivity contribution in [2.45, 2.75) is 20.3 Å². The molecule has 31 heavy (non-hydrogen) atoms. The van der Waals surface area contributed by atoms with E-state index in [1.165, 1.54) is 18.3 Å². The van der Waals surface area contributed by atoms with Crippen LogP contribution in [0.15, 0.2) is 35.0 Å². The number of halogens is 2. The van der Waals surface area contributed by atoms with Crippen LogP contribution in [0.2, 0.25) is 0 Å². The zero-order valence-corrected chi connectivity index (χ0v) is 17.2. The predicted octanol–water partition coefficient (Wildman–Crippen LogP) is 3.63. The van der Waals surface area contributed by atoms with Gasteiger partial charge in [0.25, 0.3) is 0 Å². The molecule has 1 saturated heterocycles. The summed E-state index contributed by atoms with van der Waals surface area (Å²) < 4.78 is 32.9. The number of aromatic nitrogens is 3. The Morgan fingerprint density at radius 3 is 2.68 bits per heavy atom. The van der Waals surface area contributed by atoms with Gasteiger partial charge in [0.15, 0.2) is 17.5 Å². The Labute approximate surface area is 177 Å². The van der Waals surface area contributed by atoms with Crippen LogP contribution in [-0.4, -0.2) is 52.2 Å². The molecule has 10 heteroatoms. The molecule has 0 saturated carbocycles. The Bertz CT molecular complexity index is 1100. The summed E-state index contributed by atoms with van der Waals surface area (Å²) >= 11 is 0. The van der Waals surface area contributed by atoms with Crippen molar-refractivity contribution in [2.24, 2.45) is 0 Å². The molecule has 0 bridgehead atoms. The van der Waals surface area contributed by atoms with E-state index in [1.807, 2.05) is 18.7 Å². The second-order valence-corrected chi connectivity index (χ2v) is 7.18. The van der Waals surface area contributed by atoms with Gasteiger partial charge in [0, 0.05) is 37.9 Å². The molecular weight excluding hydrogens is 406 g/mol. The highest BCUT2D eigenvalue weighted by atomic mass is 19.2. The number of benzene rings is 1. The number of piperazine rings is 1. The molecule has 0 unspecified atom stereocenters. The highest BCUT2D eigenvalue weighted by Crippen LogP contribution is 2.24. The number of carbonyl (C=O) groups is 1. The summed E-state index contributed by atoms with van der Waals surface area (Å²) in [4.78, 5) is 24.7. The van der Waals surface area contributed by atoms with Gasteiger partial charge in [0.1, 0.15) is 5.82 Å². The van der Waals surface area contributed by atoms with E-state index in [0.29, 0.717) is 37.9 Å². The third-order valence-corrected chi connectivity index (χ3v) is 5.30. The maximum atomic E-state index is 14.1. The summed E-state index contributed by atoms with van der Waals surface area (Å²) in [6, 6.07) is 5.36. The molecule has 1 N–H and O–H groups in total.